The highest BCUT2D eigenvalue weighted by Crippen LogP contribution is 2.27. The van der Waals surface area contributed by atoms with Crippen molar-refractivity contribution in [2.24, 2.45) is 0 Å². The Balaban J connectivity index is 1.81. The number of halogens is 1. The Kier molecular flexibility index (Phi) is 6.40. The van der Waals surface area contributed by atoms with Crippen LogP contribution in [0.1, 0.15) is 31.0 Å². The van der Waals surface area contributed by atoms with Gasteiger partial charge in [-0.2, -0.15) is 0 Å². The first-order chi connectivity index (χ1) is 13.1. The minimum atomic E-state index is -0.139. The summed E-state index contributed by atoms with van der Waals surface area (Å²) in [6.07, 6.45) is 2.95. The number of hydrogen-bond donors (Lipinski definition) is 1. The number of benzene rings is 2. The highest BCUT2D eigenvalue weighted by Gasteiger charge is 2.12. The van der Waals surface area contributed by atoms with E-state index in [1.54, 1.807) is 6.92 Å². The van der Waals surface area contributed by atoms with Crippen LogP contribution < -0.4 is 14.9 Å². The van der Waals surface area contributed by atoms with Gasteiger partial charge < -0.3 is 14.5 Å². The van der Waals surface area contributed by atoms with Gasteiger partial charge in [-0.15, -0.1) is 0 Å². The smallest absolute Gasteiger partial charge is 0.208 e. The lowest BCUT2D eigenvalue weighted by Gasteiger charge is -2.14. The highest BCUT2D eigenvalue weighted by atomic mass is 35.5. The maximum Gasteiger partial charge on any atom is 0.208 e. The van der Waals surface area contributed by atoms with Gasteiger partial charge in [0.15, 0.2) is 0 Å². The largest absolute Gasteiger partial charge is 0.490 e. The first-order valence-electron chi connectivity index (χ1n) is 9.25. The second kappa shape index (κ2) is 8.96. The summed E-state index contributed by atoms with van der Waals surface area (Å²) in [6, 6.07) is 13.5. The number of pyridine rings is 1. The van der Waals surface area contributed by atoms with Gasteiger partial charge >= 0.3 is 0 Å². The van der Waals surface area contributed by atoms with E-state index in [-0.39, 0.29) is 10.5 Å². The van der Waals surface area contributed by atoms with Crippen LogP contribution in [0.15, 0.2) is 47.3 Å². The third-order valence-corrected chi connectivity index (χ3v) is 4.90. The van der Waals surface area contributed by atoms with Crippen LogP contribution in [0, 0.1) is 6.92 Å². The Morgan fingerprint density at radius 1 is 1.07 bits per heavy atom. The summed E-state index contributed by atoms with van der Waals surface area (Å²) in [5.41, 5.74) is 2.28. The van der Waals surface area contributed by atoms with E-state index in [0.717, 1.165) is 41.8 Å². The molecule has 142 valence electrons. The first kappa shape index (κ1) is 19.3. The van der Waals surface area contributed by atoms with E-state index in [0.29, 0.717) is 24.3 Å². The normalized spacial score (nSPS) is 10.9. The summed E-state index contributed by atoms with van der Waals surface area (Å²) in [6.45, 7) is 4.81. The van der Waals surface area contributed by atoms with Crippen LogP contribution >= 0.6 is 11.6 Å². The van der Waals surface area contributed by atoms with Gasteiger partial charge in [0, 0.05) is 17.1 Å². The van der Waals surface area contributed by atoms with Gasteiger partial charge in [0.25, 0.3) is 0 Å². The van der Waals surface area contributed by atoms with E-state index >= 15 is 0 Å². The first-order valence-corrected chi connectivity index (χ1v) is 9.63. The molecule has 0 atom stereocenters. The molecule has 0 bridgehead atoms. The molecule has 0 spiro atoms. The van der Waals surface area contributed by atoms with Gasteiger partial charge in [-0.3, -0.25) is 4.79 Å². The molecule has 1 N–H and O–H groups in total. The van der Waals surface area contributed by atoms with E-state index < -0.39 is 0 Å². The SMILES string of the molecule is CCCCc1cc2c(=O)c(Cl)c(C)[nH]c2cc1OCCOc1ccccc1. The van der Waals surface area contributed by atoms with Crippen LogP contribution in [-0.4, -0.2) is 18.2 Å². The van der Waals surface area contributed by atoms with Crippen molar-refractivity contribution in [1.82, 2.24) is 4.98 Å². The van der Waals surface area contributed by atoms with E-state index in [4.69, 9.17) is 21.1 Å². The minimum Gasteiger partial charge on any atom is -0.490 e. The molecule has 3 aromatic rings. The Morgan fingerprint density at radius 3 is 2.56 bits per heavy atom. The second-order valence-corrected chi connectivity index (χ2v) is 6.89. The van der Waals surface area contributed by atoms with E-state index in [1.807, 2.05) is 42.5 Å². The number of fused-ring (bicyclic) bond motifs is 1. The van der Waals surface area contributed by atoms with Crippen LogP contribution in [0.3, 0.4) is 0 Å². The molecule has 0 saturated heterocycles. The van der Waals surface area contributed by atoms with Crippen molar-refractivity contribution in [3.05, 3.63) is 69.0 Å². The number of rotatable bonds is 8. The molecule has 0 unspecified atom stereocenters. The van der Waals surface area contributed by atoms with Gasteiger partial charge in [0.05, 0.1) is 5.52 Å². The van der Waals surface area contributed by atoms with Crippen molar-refractivity contribution in [1.29, 1.82) is 0 Å². The fourth-order valence-electron chi connectivity index (χ4n) is 2.99. The van der Waals surface area contributed by atoms with Crippen LogP contribution in [0.5, 0.6) is 11.5 Å². The Morgan fingerprint density at radius 2 is 1.81 bits per heavy atom. The predicted octanol–water partition coefficient (Wildman–Crippen LogP) is 5.29. The lowest BCUT2D eigenvalue weighted by molar-refractivity contribution is 0.216. The Hall–Kier alpha value is -2.46. The summed E-state index contributed by atoms with van der Waals surface area (Å²) >= 11 is 6.12. The summed E-state index contributed by atoms with van der Waals surface area (Å²) in [5.74, 6) is 1.60. The zero-order valence-electron chi connectivity index (χ0n) is 15.7. The number of H-pyrrole nitrogens is 1. The second-order valence-electron chi connectivity index (χ2n) is 6.51. The number of nitrogens with one attached hydrogen (secondary N) is 1. The summed E-state index contributed by atoms with van der Waals surface area (Å²) in [4.78, 5) is 15.7. The number of ether oxygens (including phenoxy) is 2. The molecule has 27 heavy (non-hydrogen) atoms. The van der Waals surface area contributed by atoms with Crippen LogP contribution in [-0.2, 0) is 6.42 Å². The van der Waals surface area contributed by atoms with Gasteiger partial charge in [0.2, 0.25) is 5.43 Å². The molecule has 0 aliphatic carbocycles. The van der Waals surface area contributed by atoms with Crippen molar-refractivity contribution in [2.75, 3.05) is 13.2 Å². The Bertz CT molecular complexity index is 967. The number of para-hydroxylation sites is 1. The summed E-state index contributed by atoms with van der Waals surface area (Å²) in [7, 11) is 0. The van der Waals surface area contributed by atoms with Crippen molar-refractivity contribution >= 4 is 22.5 Å². The average Bonchev–Trinajstić information content (AvgIpc) is 2.69. The zero-order chi connectivity index (χ0) is 19.2. The number of aryl methyl sites for hydroxylation is 2. The third kappa shape index (κ3) is 4.64. The lowest BCUT2D eigenvalue weighted by atomic mass is 10.0. The van der Waals surface area contributed by atoms with Crippen molar-refractivity contribution in [3.63, 3.8) is 0 Å². The Labute approximate surface area is 164 Å². The molecule has 0 radical (unpaired) electrons. The average molecular weight is 386 g/mol. The lowest BCUT2D eigenvalue weighted by Crippen LogP contribution is -2.11. The van der Waals surface area contributed by atoms with E-state index in [1.165, 1.54) is 0 Å². The molecule has 4 nitrogen and oxygen atoms in total. The van der Waals surface area contributed by atoms with Gasteiger partial charge in [-0.05, 0) is 43.5 Å². The molecule has 3 rings (SSSR count). The van der Waals surface area contributed by atoms with Crippen LogP contribution in [0.2, 0.25) is 5.02 Å². The maximum atomic E-state index is 12.5. The number of aromatic nitrogens is 1. The molecule has 1 heterocycles. The van der Waals surface area contributed by atoms with Crippen molar-refractivity contribution in [2.45, 2.75) is 33.1 Å². The molecule has 0 saturated carbocycles. The third-order valence-electron chi connectivity index (χ3n) is 4.45. The topological polar surface area (TPSA) is 51.3 Å². The molecule has 5 heteroatoms. The van der Waals surface area contributed by atoms with Gasteiger partial charge in [0.1, 0.15) is 29.7 Å². The highest BCUT2D eigenvalue weighted by molar-refractivity contribution is 6.31. The minimum absolute atomic E-state index is 0.139. The monoisotopic (exact) mass is 385 g/mol. The van der Waals surface area contributed by atoms with E-state index in [9.17, 15) is 4.79 Å². The fourth-order valence-corrected chi connectivity index (χ4v) is 3.14. The number of hydrogen-bond acceptors (Lipinski definition) is 3. The van der Waals surface area contributed by atoms with Gasteiger partial charge in [-0.25, -0.2) is 0 Å². The number of aromatic amines is 1. The van der Waals surface area contributed by atoms with E-state index in [2.05, 4.69) is 11.9 Å². The molecular formula is C22H24ClNO3. The van der Waals surface area contributed by atoms with Gasteiger partial charge in [-0.1, -0.05) is 43.1 Å². The fraction of sp³-hybridized carbons (Fsp3) is 0.318. The molecule has 0 fully saturated rings. The molecular weight excluding hydrogens is 362 g/mol. The number of unbranched alkanes of at least 4 members (excludes halogenated alkanes) is 1. The maximum absolute atomic E-state index is 12.5. The molecule has 0 amide bonds. The van der Waals surface area contributed by atoms with Crippen LogP contribution in [0.4, 0.5) is 0 Å². The van der Waals surface area contributed by atoms with Crippen molar-refractivity contribution in [3.8, 4) is 11.5 Å². The summed E-state index contributed by atoms with van der Waals surface area (Å²) < 4.78 is 11.7. The zero-order valence-corrected chi connectivity index (χ0v) is 16.4. The quantitative estimate of drug-likeness (QED) is 0.536. The standard InChI is InChI=1S/C22H24ClNO3/c1-3-4-8-16-13-18-19(24-15(2)21(23)22(18)25)14-20(16)27-12-11-26-17-9-6-5-7-10-17/h5-7,9-10,13-14H,3-4,8,11-12H2,1-2H3,(H,24,25). The molecule has 2 aromatic carbocycles. The molecule has 0 aliphatic rings. The predicted molar refractivity (Wildman–Crippen MR) is 110 cm³/mol. The molecule has 1 aromatic heterocycles. The molecule has 0 aliphatic heterocycles. The van der Waals surface area contributed by atoms with Crippen LogP contribution in [0.25, 0.3) is 10.9 Å². The summed E-state index contributed by atoms with van der Waals surface area (Å²) in [5, 5.41) is 0.846. The van der Waals surface area contributed by atoms with Crippen molar-refractivity contribution < 1.29 is 9.47 Å².